The fraction of sp³-hybridized carbons (Fsp3) is 0. The monoisotopic (exact) mass is 252 g/mol. The Balaban J connectivity index is 2.88. The molecule has 0 aliphatic heterocycles. The van der Waals surface area contributed by atoms with Crippen molar-refractivity contribution in [1.29, 1.82) is 5.26 Å². The average molecular weight is 253 g/mol. The zero-order valence-electron chi connectivity index (χ0n) is 6.54. The predicted octanol–water partition coefficient (Wildman–Crippen LogP) is 3.12. The van der Waals surface area contributed by atoms with E-state index in [2.05, 4.69) is 22.0 Å². The number of anilines is 1. The number of hydrogen-bond acceptors (Lipinski definition) is 3. The van der Waals surface area contributed by atoms with Crippen molar-refractivity contribution in [3.8, 4) is 6.07 Å². The van der Waals surface area contributed by atoms with Gasteiger partial charge in [0.1, 0.15) is 6.07 Å². The van der Waals surface area contributed by atoms with Gasteiger partial charge in [-0.2, -0.15) is 5.26 Å². The number of thiophene rings is 1. The highest BCUT2D eigenvalue weighted by Crippen LogP contribution is 2.35. The van der Waals surface area contributed by atoms with Crippen molar-refractivity contribution in [2.24, 2.45) is 0 Å². The highest BCUT2D eigenvalue weighted by Gasteiger charge is 2.08. The summed E-state index contributed by atoms with van der Waals surface area (Å²) >= 11 is 4.88. The van der Waals surface area contributed by atoms with E-state index in [9.17, 15) is 0 Å². The Hall–Kier alpha value is -1.05. The molecule has 0 bridgehead atoms. The van der Waals surface area contributed by atoms with Crippen molar-refractivity contribution in [1.82, 2.24) is 0 Å². The van der Waals surface area contributed by atoms with Crippen LogP contribution in [-0.4, -0.2) is 0 Å². The third kappa shape index (κ3) is 1.30. The molecule has 13 heavy (non-hydrogen) atoms. The minimum atomic E-state index is 0.694. The van der Waals surface area contributed by atoms with E-state index in [1.165, 1.54) is 11.3 Å². The van der Waals surface area contributed by atoms with Crippen molar-refractivity contribution in [3.05, 3.63) is 27.5 Å². The first-order chi connectivity index (χ1) is 6.22. The third-order valence-electron chi connectivity index (χ3n) is 1.78. The zero-order chi connectivity index (χ0) is 9.42. The smallest absolute Gasteiger partial charge is 0.102 e. The van der Waals surface area contributed by atoms with Gasteiger partial charge >= 0.3 is 0 Å². The summed E-state index contributed by atoms with van der Waals surface area (Å²) in [5, 5.41) is 9.84. The first-order valence-electron chi connectivity index (χ1n) is 3.60. The van der Waals surface area contributed by atoms with Crippen LogP contribution in [0.3, 0.4) is 0 Å². The lowest BCUT2D eigenvalue weighted by atomic mass is 10.2. The lowest BCUT2D eigenvalue weighted by molar-refractivity contribution is 1.51. The van der Waals surface area contributed by atoms with Crippen molar-refractivity contribution < 1.29 is 0 Å². The maximum Gasteiger partial charge on any atom is 0.102 e. The number of hydrogen-bond donors (Lipinski definition) is 1. The van der Waals surface area contributed by atoms with Gasteiger partial charge in [-0.25, -0.2) is 0 Å². The molecule has 64 valence electrons. The molecule has 0 saturated carbocycles. The molecule has 1 heterocycles. The van der Waals surface area contributed by atoms with E-state index in [0.29, 0.717) is 5.56 Å². The van der Waals surface area contributed by atoms with Crippen molar-refractivity contribution in [3.63, 3.8) is 0 Å². The lowest BCUT2D eigenvalue weighted by Gasteiger charge is -1.91. The summed E-state index contributed by atoms with van der Waals surface area (Å²) in [5.41, 5.74) is 7.06. The Kier molecular flexibility index (Phi) is 1.98. The summed E-state index contributed by atoms with van der Waals surface area (Å²) in [4.78, 5) is 0. The van der Waals surface area contributed by atoms with Crippen LogP contribution in [0.5, 0.6) is 0 Å². The van der Waals surface area contributed by atoms with Gasteiger partial charge in [0.2, 0.25) is 0 Å². The molecule has 0 fully saturated rings. The first-order valence-corrected chi connectivity index (χ1v) is 5.21. The van der Waals surface area contributed by atoms with Crippen molar-refractivity contribution in [2.75, 3.05) is 5.73 Å². The van der Waals surface area contributed by atoms with E-state index in [1.807, 2.05) is 18.2 Å². The van der Waals surface area contributed by atoms with Crippen LogP contribution in [0.2, 0.25) is 0 Å². The Morgan fingerprint density at radius 3 is 2.92 bits per heavy atom. The molecule has 1 aromatic heterocycles. The molecule has 0 unspecified atom stereocenters. The van der Waals surface area contributed by atoms with Gasteiger partial charge in [0.25, 0.3) is 0 Å². The summed E-state index contributed by atoms with van der Waals surface area (Å²) in [7, 11) is 0. The Bertz CT molecular complexity index is 510. The standard InChI is InChI=1S/C9H5BrN2S/c10-9-7(4-11)6-2-1-5(12)3-8(6)13-9/h1-3H,12H2. The summed E-state index contributed by atoms with van der Waals surface area (Å²) in [6.45, 7) is 0. The van der Waals surface area contributed by atoms with E-state index in [1.54, 1.807) is 0 Å². The maximum absolute atomic E-state index is 8.87. The van der Waals surface area contributed by atoms with Gasteiger partial charge in [0.05, 0.1) is 9.35 Å². The molecule has 0 atom stereocenters. The highest BCUT2D eigenvalue weighted by atomic mass is 79.9. The summed E-state index contributed by atoms with van der Waals surface area (Å²) in [5.74, 6) is 0. The number of nitrogens with zero attached hydrogens (tertiary/aromatic N) is 1. The van der Waals surface area contributed by atoms with E-state index in [4.69, 9.17) is 11.0 Å². The van der Waals surface area contributed by atoms with Crippen LogP contribution >= 0.6 is 27.3 Å². The molecular formula is C9H5BrN2S. The van der Waals surface area contributed by atoms with E-state index in [-0.39, 0.29) is 0 Å². The van der Waals surface area contributed by atoms with Crippen LogP contribution in [0.15, 0.2) is 22.0 Å². The molecule has 0 spiro atoms. The number of nitriles is 1. The molecule has 4 heteroatoms. The topological polar surface area (TPSA) is 49.8 Å². The Labute approximate surface area is 87.7 Å². The fourth-order valence-electron chi connectivity index (χ4n) is 1.19. The molecule has 0 aliphatic rings. The first kappa shape index (κ1) is 8.54. The largest absolute Gasteiger partial charge is 0.399 e. The van der Waals surface area contributed by atoms with Crippen molar-refractivity contribution in [2.45, 2.75) is 0 Å². The number of nitrogens with two attached hydrogens (primary N) is 1. The molecule has 2 nitrogen and oxygen atoms in total. The van der Waals surface area contributed by atoms with Crippen LogP contribution in [0, 0.1) is 11.3 Å². The van der Waals surface area contributed by atoms with E-state index in [0.717, 1.165) is 19.6 Å². The Morgan fingerprint density at radius 1 is 1.46 bits per heavy atom. The molecule has 0 aliphatic carbocycles. The van der Waals surface area contributed by atoms with Crippen molar-refractivity contribution >= 4 is 43.0 Å². The predicted molar refractivity (Wildman–Crippen MR) is 58.7 cm³/mol. The molecule has 0 amide bonds. The van der Waals surface area contributed by atoms with Gasteiger partial charge in [0, 0.05) is 15.8 Å². The van der Waals surface area contributed by atoms with Crippen LogP contribution in [0.1, 0.15) is 5.56 Å². The quantitative estimate of drug-likeness (QED) is 0.733. The second kappa shape index (κ2) is 3.02. The maximum atomic E-state index is 8.87. The van der Waals surface area contributed by atoms with Gasteiger partial charge in [0.15, 0.2) is 0 Å². The molecular weight excluding hydrogens is 248 g/mol. The van der Waals surface area contributed by atoms with Gasteiger partial charge in [-0.1, -0.05) is 6.07 Å². The second-order valence-electron chi connectivity index (χ2n) is 2.62. The van der Waals surface area contributed by atoms with Crippen LogP contribution in [0.4, 0.5) is 5.69 Å². The number of benzene rings is 1. The second-order valence-corrected chi connectivity index (χ2v) is 4.99. The molecule has 2 N–H and O–H groups in total. The third-order valence-corrected chi connectivity index (χ3v) is 3.61. The minimum Gasteiger partial charge on any atom is -0.399 e. The van der Waals surface area contributed by atoms with Crippen LogP contribution in [-0.2, 0) is 0 Å². The molecule has 1 aromatic carbocycles. The van der Waals surface area contributed by atoms with Gasteiger partial charge in [-0.3, -0.25) is 0 Å². The fourth-order valence-corrected chi connectivity index (χ4v) is 2.94. The molecule has 0 saturated heterocycles. The summed E-state index contributed by atoms with van der Waals surface area (Å²) < 4.78 is 1.92. The van der Waals surface area contributed by atoms with Crippen LogP contribution in [0.25, 0.3) is 10.1 Å². The van der Waals surface area contributed by atoms with E-state index < -0.39 is 0 Å². The average Bonchev–Trinajstić information content (AvgIpc) is 2.39. The SMILES string of the molecule is N#Cc1c(Br)sc2cc(N)ccc12. The Morgan fingerprint density at radius 2 is 2.23 bits per heavy atom. The van der Waals surface area contributed by atoms with Gasteiger partial charge in [-0.05, 0) is 28.1 Å². The number of halogens is 1. The summed E-state index contributed by atoms with van der Waals surface area (Å²) in [6.07, 6.45) is 0. The highest BCUT2D eigenvalue weighted by molar-refractivity contribution is 9.11. The summed E-state index contributed by atoms with van der Waals surface area (Å²) in [6, 6.07) is 7.73. The number of rotatable bonds is 0. The van der Waals surface area contributed by atoms with E-state index >= 15 is 0 Å². The molecule has 2 rings (SSSR count). The van der Waals surface area contributed by atoms with Gasteiger partial charge in [-0.15, -0.1) is 11.3 Å². The minimum absolute atomic E-state index is 0.694. The zero-order valence-corrected chi connectivity index (χ0v) is 8.95. The molecule has 2 aromatic rings. The van der Waals surface area contributed by atoms with Crippen LogP contribution < -0.4 is 5.73 Å². The molecule has 0 radical (unpaired) electrons. The number of nitrogen functional groups attached to an aromatic ring is 1. The normalized spacial score (nSPS) is 10.2. The lowest BCUT2D eigenvalue weighted by Crippen LogP contribution is -1.81. The van der Waals surface area contributed by atoms with Gasteiger partial charge < -0.3 is 5.73 Å². The number of fused-ring (bicyclic) bond motifs is 1.